The van der Waals surface area contributed by atoms with Crippen LogP contribution in [0.5, 0.6) is 5.75 Å². The Bertz CT molecular complexity index is 788. The van der Waals surface area contributed by atoms with Gasteiger partial charge in [-0.05, 0) is 30.2 Å². The average molecular weight is 351 g/mol. The van der Waals surface area contributed by atoms with Gasteiger partial charge >= 0.3 is 11.8 Å². The number of nitrogens with zero attached hydrogens (tertiary/aromatic N) is 1. The van der Waals surface area contributed by atoms with Crippen LogP contribution in [0, 0.1) is 0 Å². The predicted octanol–water partition coefficient (Wildman–Crippen LogP) is 2.58. The first-order chi connectivity index (χ1) is 12.6. The van der Waals surface area contributed by atoms with Gasteiger partial charge in [-0.1, -0.05) is 55.1 Å². The molecule has 0 saturated heterocycles. The molecular weight excluding hydrogens is 330 g/mol. The second kappa shape index (κ2) is 9.78. The summed E-state index contributed by atoms with van der Waals surface area (Å²) in [5.41, 5.74) is 3.85. The second-order valence-corrected chi connectivity index (χ2v) is 5.48. The van der Waals surface area contributed by atoms with Crippen molar-refractivity contribution in [2.75, 3.05) is 6.61 Å². The zero-order valence-electron chi connectivity index (χ0n) is 14.5. The van der Waals surface area contributed by atoms with Crippen LogP contribution in [-0.4, -0.2) is 24.6 Å². The van der Waals surface area contributed by atoms with Gasteiger partial charge in [-0.3, -0.25) is 9.59 Å². The summed E-state index contributed by atoms with van der Waals surface area (Å²) in [6.45, 7) is 5.79. The number of rotatable bonds is 7. The summed E-state index contributed by atoms with van der Waals surface area (Å²) in [6, 6.07) is 16.3. The van der Waals surface area contributed by atoms with E-state index in [0.29, 0.717) is 12.4 Å². The van der Waals surface area contributed by atoms with Gasteiger partial charge in [-0.15, -0.1) is 0 Å². The minimum Gasteiger partial charge on any atom is -0.490 e. The van der Waals surface area contributed by atoms with Crippen molar-refractivity contribution in [2.24, 2.45) is 5.10 Å². The molecule has 2 aromatic rings. The van der Waals surface area contributed by atoms with E-state index in [1.54, 1.807) is 37.3 Å². The molecule has 0 unspecified atom stereocenters. The number of carbonyl (C=O) groups excluding carboxylic acids is 2. The second-order valence-electron chi connectivity index (χ2n) is 5.48. The molecule has 2 rings (SSSR count). The maximum atomic E-state index is 11.9. The molecule has 0 aliphatic heterocycles. The molecule has 0 bridgehead atoms. The Morgan fingerprint density at radius 1 is 1.15 bits per heavy atom. The molecule has 26 heavy (non-hydrogen) atoms. The largest absolute Gasteiger partial charge is 0.490 e. The van der Waals surface area contributed by atoms with E-state index in [0.717, 1.165) is 11.1 Å². The van der Waals surface area contributed by atoms with Crippen molar-refractivity contribution in [2.45, 2.75) is 13.0 Å². The van der Waals surface area contributed by atoms with Crippen molar-refractivity contribution < 1.29 is 14.3 Å². The van der Waals surface area contributed by atoms with Gasteiger partial charge in [0.1, 0.15) is 12.4 Å². The monoisotopic (exact) mass is 351 g/mol. The van der Waals surface area contributed by atoms with Crippen LogP contribution >= 0.6 is 0 Å². The molecule has 2 amide bonds. The number of hydrogen-bond acceptors (Lipinski definition) is 4. The van der Waals surface area contributed by atoms with Crippen molar-refractivity contribution in [1.82, 2.24) is 10.7 Å². The van der Waals surface area contributed by atoms with Crippen LogP contribution in [0.25, 0.3) is 0 Å². The van der Waals surface area contributed by atoms with Gasteiger partial charge < -0.3 is 10.1 Å². The van der Waals surface area contributed by atoms with Crippen LogP contribution in [0.15, 0.2) is 72.4 Å². The lowest BCUT2D eigenvalue weighted by Gasteiger charge is -2.13. The van der Waals surface area contributed by atoms with Crippen LogP contribution in [0.2, 0.25) is 0 Å². The molecule has 0 spiro atoms. The molecule has 1 atom stereocenters. The molecule has 0 aliphatic rings. The van der Waals surface area contributed by atoms with E-state index < -0.39 is 11.8 Å². The van der Waals surface area contributed by atoms with E-state index >= 15 is 0 Å². The Morgan fingerprint density at radius 3 is 2.65 bits per heavy atom. The minimum absolute atomic E-state index is 0.280. The number of hydrazone groups is 1. The fourth-order valence-electron chi connectivity index (χ4n) is 2.14. The summed E-state index contributed by atoms with van der Waals surface area (Å²) in [6.07, 6.45) is 3.09. The van der Waals surface area contributed by atoms with Gasteiger partial charge in [-0.2, -0.15) is 5.10 Å². The molecule has 0 fully saturated rings. The molecule has 0 radical (unpaired) electrons. The summed E-state index contributed by atoms with van der Waals surface area (Å²) in [5.74, 6) is -0.917. The number of amides is 2. The lowest BCUT2D eigenvalue weighted by Crippen LogP contribution is -2.39. The highest BCUT2D eigenvalue weighted by molar-refractivity contribution is 6.35. The molecule has 6 heteroatoms. The molecule has 0 heterocycles. The Kier molecular flexibility index (Phi) is 7.12. The lowest BCUT2D eigenvalue weighted by molar-refractivity contribution is -0.139. The number of benzene rings is 2. The Balaban J connectivity index is 1.86. The molecule has 0 aromatic heterocycles. The molecule has 0 saturated carbocycles. The molecule has 6 nitrogen and oxygen atoms in total. The number of carbonyl (C=O) groups is 2. The minimum atomic E-state index is -0.830. The van der Waals surface area contributed by atoms with Crippen LogP contribution in [0.4, 0.5) is 0 Å². The van der Waals surface area contributed by atoms with E-state index in [-0.39, 0.29) is 6.04 Å². The van der Waals surface area contributed by atoms with Crippen LogP contribution in [0.3, 0.4) is 0 Å². The SMILES string of the molecule is C=CCOc1cccc(/C=N\NC(=O)C(=O)N[C@@H](C)c2ccccc2)c1. The van der Waals surface area contributed by atoms with Crippen LogP contribution in [-0.2, 0) is 9.59 Å². The summed E-state index contributed by atoms with van der Waals surface area (Å²) in [5, 5.41) is 6.43. The first kappa shape index (κ1) is 18.9. The van der Waals surface area contributed by atoms with E-state index in [4.69, 9.17) is 4.74 Å². The van der Waals surface area contributed by atoms with E-state index in [1.807, 2.05) is 30.3 Å². The number of nitrogens with one attached hydrogen (secondary N) is 2. The number of hydrogen-bond donors (Lipinski definition) is 2. The number of ether oxygens (including phenoxy) is 1. The Labute approximate surface area is 152 Å². The zero-order valence-corrected chi connectivity index (χ0v) is 14.5. The van der Waals surface area contributed by atoms with E-state index in [9.17, 15) is 9.59 Å². The molecule has 0 aliphatic carbocycles. The van der Waals surface area contributed by atoms with Crippen LogP contribution < -0.4 is 15.5 Å². The summed E-state index contributed by atoms with van der Waals surface area (Å²) in [7, 11) is 0. The van der Waals surface area contributed by atoms with Gasteiger partial charge in [0.2, 0.25) is 0 Å². The lowest BCUT2D eigenvalue weighted by atomic mass is 10.1. The average Bonchev–Trinajstić information content (AvgIpc) is 2.67. The van der Waals surface area contributed by atoms with Crippen molar-refractivity contribution in [3.8, 4) is 5.75 Å². The van der Waals surface area contributed by atoms with Gasteiger partial charge in [0.15, 0.2) is 0 Å². The van der Waals surface area contributed by atoms with Crippen LogP contribution in [0.1, 0.15) is 24.1 Å². The fraction of sp³-hybridized carbons (Fsp3) is 0.150. The summed E-state index contributed by atoms with van der Waals surface area (Å²) >= 11 is 0. The van der Waals surface area contributed by atoms with Gasteiger partial charge in [0, 0.05) is 0 Å². The van der Waals surface area contributed by atoms with Crippen molar-refractivity contribution in [1.29, 1.82) is 0 Å². The first-order valence-electron chi connectivity index (χ1n) is 8.12. The highest BCUT2D eigenvalue weighted by Gasteiger charge is 2.16. The standard InChI is InChI=1S/C20H21N3O3/c1-3-12-26-18-11-7-8-16(13-18)14-21-23-20(25)19(24)22-15(2)17-9-5-4-6-10-17/h3-11,13-15H,1,12H2,2H3,(H,22,24)(H,23,25)/b21-14-/t15-/m0/s1. The fourth-order valence-corrected chi connectivity index (χ4v) is 2.14. The molecule has 2 N–H and O–H groups in total. The van der Waals surface area contributed by atoms with Crippen molar-refractivity contribution >= 4 is 18.0 Å². The summed E-state index contributed by atoms with van der Waals surface area (Å²) in [4.78, 5) is 23.8. The zero-order chi connectivity index (χ0) is 18.8. The molecule has 2 aromatic carbocycles. The third-order valence-corrected chi connectivity index (χ3v) is 3.46. The third-order valence-electron chi connectivity index (χ3n) is 3.46. The quantitative estimate of drug-likeness (QED) is 0.348. The Morgan fingerprint density at radius 2 is 1.92 bits per heavy atom. The highest BCUT2D eigenvalue weighted by Crippen LogP contribution is 2.12. The third kappa shape index (κ3) is 5.90. The maximum Gasteiger partial charge on any atom is 0.329 e. The van der Waals surface area contributed by atoms with Gasteiger partial charge in [-0.25, -0.2) is 5.43 Å². The van der Waals surface area contributed by atoms with E-state index in [1.165, 1.54) is 6.21 Å². The maximum absolute atomic E-state index is 11.9. The van der Waals surface area contributed by atoms with E-state index in [2.05, 4.69) is 22.4 Å². The topological polar surface area (TPSA) is 79.8 Å². The van der Waals surface area contributed by atoms with Gasteiger partial charge in [0.05, 0.1) is 12.3 Å². The smallest absolute Gasteiger partial charge is 0.329 e. The predicted molar refractivity (Wildman–Crippen MR) is 101 cm³/mol. The molecule has 134 valence electrons. The normalized spacial score (nSPS) is 11.6. The van der Waals surface area contributed by atoms with Gasteiger partial charge in [0.25, 0.3) is 0 Å². The summed E-state index contributed by atoms with van der Waals surface area (Å²) < 4.78 is 5.42. The molecular formula is C20H21N3O3. The van der Waals surface area contributed by atoms with Crippen molar-refractivity contribution in [3.63, 3.8) is 0 Å². The first-order valence-corrected chi connectivity index (χ1v) is 8.12. The Hall–Kier alpha value is -3.41. The highest BCUT2D eigenvalue weighted by atomic mass is 16.5. The van der Waals surface area contributed by atoms with Crippen molar-refractivity contribution in [3.05, 3.63) is 78.4 Å².